The fraction of sp³-hybridized carbons (Fsp3) is 0.615. The van der Waals surface area contributed by atoms with Crippen molar-refractivity contribution in [2.45, 2.75) is 47.5 Å². The Hall–Kier alpha value is -1.05. The maximum atomic E-state index is 5.37. The minimum atomic E-state index is 0.822. The summed E-state index contributed by atoms with van der Waals surface area (Å²) in [7, 11) is 0. The standard InChI is InChI=1S/C9H11NO.2C2H6/c1-7-5-8-3-2-4-11-9(8)10-6-7;2*1-2/h5-6H,2-4H2,1H3;2*1-2H3. The summed E-state index contributed by atoms with van der Waals surface area (Å²) < 4.78 is 5.37. The van der Waals surface area contributed by atoms with Crippen LogP contribution in [0.15, 0.2) is 12.3 Å². The lowest BCUT2D eigenvalue weighted by molar-refractivity contribution is 0.276. The number of hydrogen-bond donors (Lipinski definition) is 0. The van der Waals surface area contributed by atoms with Crippen LogP contribution in [0.25, 0.3) is 0 Å². The third-order valence-corrected chi connectivity index (χ3v) is 1.89. The van der Waals surface area contributed by atoms with Crippen LogP contribution in [0.2, 0.25) is 0 Å². The first-order chi connectivity index (χ1) is 7.36. The van der Waals surface area contributed by atoms with Gasteiger partial charge in [-0.15, -0.1) is 0 Å². The van der Waals surface area contributed by atoms with Crippen molar-refractivity contribution < 1.29 is 4.74 Å². The van der Waals surface area contributed by atoms with Gasteiger partial charge in [0.15, 0.2) is 0 Å². The van der Waals surface area contributed by atoms with Gasteiger partial charge in [0, 0.05) is 11.8 Å². The zero-order valence-electron chi connectivity index (χ0n) is 10.6. The quantitative estimate of drug-likeness (QED) is 0.649. The van der Waals surface area contributed by atoms with E-state index in [1.54, 1.807) is 0 Å². The van der Waals surface area contributed by atoms with Gasteiger partial charge in [-0.25, -0.2) is 4.98 Å². The number of aromatic nitrogens is 1. The molecular weight excluding hydrogens is 186 g/mol. The molecule has 0 spiro atoms. The van der Waals surface area contributed by atoms with Gasteiger partial charge in [-0.2, -0.15) is 0 Å². The van der Waals surface area contributed by atoms with Crippen LogP contribution in [0.4, 0.5) is 0 Å². The van der Waals surface area contributed by atoms with Crippen molar-refractivity contribution in [1.82, 2.24) is 4.98 Å². The molecule has 0 aliphatic carbocycles. The van der Waals surface area contributed by atoms with Crippen molar-refractivity contribution in [3.8, 4) is 5.88 Å². The second kappa shape index (κ2) is 8.27. The first kappa shape index (κ1) is 13.9. The third kappa shape index (κ3) is 4.32. The van der Waals surface area contributed by atoms with Crippen LogP contribution in [-0.2, 0) is 6.42 Å². The Balaban J connectivity index is 0.000000442. The maximum Gasteiger partial charge on any atom is 0.216 e. The highest BCUT2D eigenvalue weighted by Crippen LogP contribution is 2.21. The fourth-order valence-corrected chi connectivity index (χ4v) is 1.36. The lowest BCUT2D eigenvalue weighted by atomic mass is 10.1. The molecule has 86 valence electrons. The van der Waals surface area contributed by atoms with Crippen molar-refractivity contribution in [2.75, 3.05) is 6.61 Å². The molecule has 2 heterocycles. The molecule has 2 nitrogen and oxygen atoms in total. The molecule has 1 aromatic rings. The molecule has 0 saturated heterocycles. The van der Waals surface area contributed by atoms with Crippen LogP contribution in [0, 0.1) is 6.92 Å². The predicted octanol–water partition coefficient (Wildman–Crippen LogP) is 3.77. The predicted molar refractivity (Wildman–Crippen MR) is 65.5 cm³/mol. The Bertz CT molecular complexity index is 271. The van der Waals surface area contributed by atoms with E-state index in [0.717, 1.165) is 25.3 Å². The molecule has 1 aromatic heterocycles. The van der Waals surface area contributed by atoms with E-state index >= 15 is 0 Å². The van der Waals surface area contributed by atoms with E-state index in [4.69, 9.17) is 4.74 Å². The van der Waals surface area contributed by atoms with Crippen molar-refractivity contribution in [2.24, 2.45) is 0 Å². The molecule has 2 heteroatoms. The van der Waals surface area contributed by atoms with Crippen molar-refractivity contribution >= 4 is 0 Å². The highest BCUT2D eigenvalue weighted by Gasteiger charge is 2.10. The smallest absolute Gasteiger partial charge is 0.216 e. The largest absolute Gasteiger partial charge is 0.477 e. The summed E-state index contributed by atoms with van der Waals surface area (Å²) >= 11 is 0. The summed E-state index contributed by atoms with van der Waals surface area (Å²) in [5.41, 5.74) is 2.48. The lowest BCUT2D eigenvalue weighted by Gasteiger charge is -2.15. The Morgan fingerprint density at radius 1 is 1.20 bits per heavy atom. The molecule has 0 atom stereocenters. The average molecular weight is 209 g/mol. The number of fused-ring (bicyclic) bond motifs is 1. The van der Waals surface area contributed by atoms with E-state index in [1.807, 2.05) is 33.9 Å². The van der Waals surface area contributed by atoms with E-state index in [9.17, 15) is 0 Å². The zero-order valence-corrected chi connectivity index (χ0v) is 10.6. The van der Waals surface area contributed by atoms with Crippen LogP contribution in [0.1, 0.15) is 45.2 Å². The molecule has 0 radical (unpaired) electrons. The van der Waals surface area contributed by atoms with E-state index in [-0.39, 0.29) is 0 Å². The van der Waals surface area contributed by atoms with Gasteiger partial charge in [0.2, 0.25) is 5.88 Å². The molecule has 1 aliphatic rings. The minimum Gasteiger partial charge on any atom is -0.477 e. The molecule has 15 heavy (non-hydrogen) atoms. The molecule has 0 aromatic carbocycles. The summed E-state index contributed by atoms with van der Waals surface area (Å²) in [4.78, 5) is 4.20. The van der Waals surface area contributed by atoms with Crippen LogP contribution < -0.4 is 4.74 Å². The number of rotatable bonds is 0. The summed E-state index contributed by atoms with van der Waals surface area (Å²) in [6.45, 7) is 10.9. The van der Waals surface area contributed by atoms with Crippen molar-refractivity contribution in [3.63, 3.8) is 0 Å². The van der Waals surface area contributed by atoms with Gasteiger partial charge in [0.1, 0.15) is 0 Å². The summed E-state index contributed by atoms with van der Waals surface area (Å²) in [6, 6.07) is 2.15. The van der Waals surface area contributed by atoms with Gasteiger partial charge in [-0.1, -0.05) is 27.7 Å². The Morgan fingerprint density at radius 3 is 2.53 bits per heavy atom. The van der Waals surface area contributed by atoms with E-state index in [1.165, 1.54) is 11.1 Å². The van der Waals surface area contributed by atoms with Gasteiger partial charge in [0.25, 0.3) is 0 Å². The SMILES string of the molecule is CC.CC.Cc1cnc2c(c1)CCCO2. The first-order valence-corrected chi connectivity index (χ1v) is 5.94. The first-order valence-electron chi connectivity index (χ1n) is 5.94. The molecule has 0 bridgehead atoms. The lowest BCUT2D eigenvalue weighted by Crippen LogP contribution is -2.09. The minimum absolute atomic E-state index is 0.822. The van der Waals surface area contributed by atoms with Gasteiger partial charge in [-0.3, -0.25) is 0 Å². The summed E-state index contributed by atoms with van der Waals surface area (Å²) in [5.74, 6) is 0.835. The number of aryl methyl sites for hydroxylation is 2. The van der Waals surface area contributed by atoms with Gasteiger partial charge in [-0.05, 0) is 31.4 Å². The zero-order chi connectivity index (χ0) is 11.7. The normalized spacial score (nSPS) is 12.1. The molecule has 1 aliphatic heterocycles. The molecule has 0 saturated carbocycles. The third-order valence-electron chi connectivity index (χ3n) is 1.89. The number of pyridine rings is 1. The van der Waals surface area contributed by atoms with Gasteiger partial charge < -0.3 is 4.74 Å². The molecular formula is C13H23NO. The van der Waals surface area contributed by atoms with E-state index < -0.39 is 0 Å². The van der Waals surface area contributed by atoms with Crippen LogP contribution in [0.3, 0.4) is 0 Å². The maximum absolute atomic E-state index is 5.37. The molecule has 0 unspecified atom stereocenters. The van der Waals surface area contributed by atoms with E-state index in [0.29, 0.717) is 0 Å². The number of nitrogens with zero attached hydrogens (tertiary/aromatic N) is 1. The Morgan fingerprint density at radius 2 is 1.87 bits per heavy atom. The number of hydrogen-bond acceptors (Lipinski definition) is 2. The second-order valence-electron chi connectivity index (χ2n) is 2.93. The molecule has 2 rings (SSSR count). The van der Waals surface area contributed by atoms with Gasteiger partial charge in [0.05, 0.1) is 6.61 Å². The molecule has 0 fully saturated rings. The second-order valence-corrected chi connectivity index (χ2v) is 2.93. The van der Waals surface area contributed by atoms with Crippen LogP contribution in [0.5, 0.6) is 5.88 Å². The Labute approximate surface area is 93.7 Å². The topological polar surface area (TPSA) is 22.1 Å². The van der Waals surface area contributed by atoms with Crippen LogP contribution >= 0.6 is 0 Å². The van der Waals surface area contributed by atoms with Gasteiger partial charge >= 0.3 is 0 Å². The highest BCUT2D eigenvalue weighted by molar-refractivity contribution is 5.30. The van der Waals surface area contributed by atoms with E-state index in [2.05, 4.69) is 18.0 Å². The highest BCUT2D eigenvalue weighted by atomic mass is 16.5. The number of ether oxygens (including phenoxy) is 1. The monoisotopic (exact) mass is 209 g/mol. The molecule has 0 N–H and O–H groups in total. The van der Waals surface area contributed by atoms with Crippen LogP contribution in [-0.4, -0.2) is 11.6 Å². The van der Waals surface area contributed by atoms with Crippen molar-refractivity contribution in [3.05, 3.63) is 23.4 Å². The average Bonchev–Trinajstić information content (AvgIpc) is 2.34. The summed E-state index contributed by atoms with van der Waals surface area (Å²) in [5, 5.41) is 0. The molecule has 0 amide bonds. The Kier molecular flexibility index (Phi) is 7.69. The van der Waals surface area contributed by atoms with Crippen molar-refractivity contribution in [1.29, 1.82) is 0 Å². The fourth-order valence-electron chi connectivity index (χ4n) is 1.36. The summed E-state index contributed by atoms with van der Waals surface area (Å²) in [6.07, 6.45) is 4.09.